The van der Waals surface area contributed by atoms with Gasteiger partial charge >= 0.3 is 0 Å². The summed E-state index contributed by atoms with van der Waals surface area (Å²) in [5.74, 6) is 0.999. The molecule has 7 heteroatoms. The van der Waals surface area contributed by atoms with Crippen LogP contribution in [0.1, 0.15) is 19.8 Å². The summed E-state index contributed by atoms with van der Waals surface area (Å²) in [7, 11) is 1.70. The largest absolute Gasteiger partial charge is 0.393 e. The normalized spacial score (nSPS) is 24.7. The van der Waals surface area contributed by atoms with Gasteiger partial charge in [-0.2, -0.15) is 4.98 Å². The number of rotatable bonds is 3. The van der Waals surface area contributed by atoms with Crippen LogP contribution in [0, 0.1) is 5.41 Å². The van der Waals surface area contributed by atoms with E-state index in [1.54, 1.807) is 7.05 Å². The summed E-state index contributed by atoms with van der Waals surface area (Å²) in [5.41, 5.74) is 0.147. The highest BCUT2D eigenvalue weighted by Crippen LogP contribution is 2.53. The first kappa shape index (κ1) is 12.3. The third-order valence-electron chi connectivity index (χ3n) is 4.30. The van der Waals surface area contributed by atoms with Crippen molar-refractivity contribution in [1.29, 1.82) is 0 Å². The number of anilines is 3. The molecule has 0 bridgehead atoms. The first-order valence-corrected chi connectivity index (χ1v) is 6.57. The molecule has 2 heterocycles. The van der Waals surface area contributed by atoms with Gasteiger partial charge in [0.25, 0.3) is 5.56 Å². The Hall–Kier alpha value is -1.76. The number of H-pyrrole nitrogens is 1. The van der Waals surface area contributed by atoms with Gasteiger partial charge in [-0.25, -0.2) is 0 Å². The number of nitrogens with zero attached hydrogens (tertiary/aromatic N) is 1. The van der Waals surface area contributed by atoms with E-state index in [-0.39, 0.29) is 23.1 Å². The molecule has 19 heavy (non-hydrogen) atoms. The van der Waals surface area contributed by atoms with E-state index in [1.807, 2.05) is 6.92 Å². The van der Waals surface area contributed by atoms with Gasteiger partial charge < -0.3 is 21.1 Å². The van der Waals surface area contributed by atoms with Crippen molar-refractivity contribution in [3.8, 4) is 0 Å². The summed E-state index contributed by atoms with van der Waals surface area (Å²) in [5, 5.41) is 19.2. The van der Waals surface area contributed by atoms with Crippen LogP contribution in [0.3, 0.4) is 0 Å². The maximum atomic E-state index is 12.0. The van der Waals surface area contributed by atoms with Crippen molar-refractivity contribution in [2.45, 2.75) is 31.9 Å². The van der Waals surface area contributed by atoms with Gasteiger partial charge in [0.05, 0.1) is 12.1 Å². The molecular formula is C12H19N5O2. The van der Waals surface area contributed by atoms with E-state index in [1.165, 1.54) is 0 Å². The Labute approximate surface area is 110 Å². The fourth-order valence-corrected chi connectivity index (χ4v) is 2.83. The van der Waals surface area contributed by atoms with E-state index in [0.717, 1.165) is 12.8 Å². The van der Waals surface area contributed by atoms with Gasteiger partial charge in [0.1, 0.15) is 5.69 Å². The number of aliphatic hydroxyl groups excluding tert-OH is 1. The summed E-state index contributed by atoms with van der Waals surface area (Å²) in [6.07, 6.45) is 1.59. The Morgan fingerprint density at radius 2 is 2.26 bits per heavy atom. The molecule has 0 spiro atoms. The second-order valence-corrected chi connectivity index (χ2v) is 5.38. The molecule has 7 nitrogen and oxygen atoms in total. The Bertz CT molecular complexity index is 550. The molecule has 2 atom stereocenters. The Balaban J connectivity index is 1.91. The zero-order chi connectivity index (χ0) is 13.6. The maximum Gasteiger partial charge on any atom is 0.277 e. The van der Waals surface area contributed by atoms with Gasteiger partial charge in [0.2, 0.25) is 5.95 Å². The fourth-order valence-electron chi connectivity index (χ4n) is 2.83. The molecule has 3 rings (SSSR count). The number of hydrogen-bond acceptors (Lipinski definition) is 6. The number of nitrogens with one attached hydrogen (secondary N) is 4. The minimum atomic E-state index is -0.378. The van der Waals surface area contributed by atoms with Gasteiger partial charge in [0, 0.05) is 19.0 Å². The summed E-state index contributed by atoms with van der Waals surface area (Å²) in [6.45, 7) is 2.48. The molecule has 0 amide bonds. The molecule has 0 aromatic carbocycles. The van der Waals surface area contributed by atoms with E-state index >= 15 is 0 Å². The predicted octanol–water partition coefficient (Wildman–Crippen LogP) is 0.179. The van der Waals surface area contributed by atoms with Crippen LogP contribution in [0.15, 0.2) is 4.79 Å². The summed E-state index contributed by atoms with van der Waals surface area (Å²) >= 11 is 0. The lowest BCUT2D eigenvalue weighted by Gasteiger charge is -2.34. The van der Waals surface area contributed by atoms with E-state index in [9.17, 15) is 9.90 Å². The molecule has 1 aliphatic carbocycles. The second kappa shape index (κ2) is 4.12. The average Bonchev–Trinajstić information content (AvgIpc) is 3.19. The average molecular weight is 265 g/mol. The SMILES string of the molecule is CNc1nc2c(c(=O)[nH]1)N[C@@H](C1([C@H](C)O)CC1)CN2. The van der Waals surface area contributed by atoms with Crippen LogP contribution in [-0.2, 0) is 0 Å². The Kier molecular flexibility index (Phi) is 2.67. The zero-order valence-electron chi connectivity index (χ0n) is 11.1. The minimum absolute atomic E-state index is 0.0586. The van der Waals surface area contributed by atoms with Crippen LogP contribution in [0.4, 0.5) is 17.5 Å². The van der Waals surface area contributed by atoms with Crippen molar-refractivity contribution in [1.82, 2.24) is 9.97 Å². The van der Waals surface area contributed by atoms with E-state index < -0.39 is 0 Å². The van der Waals surface area contributed by atoms with Gasteiger partial charge in [-0.1, -0.05) is 0 Å². The second-order valence-electron chi connectivity index (χ2n) is 5.38. The van der Waals surface area contributed by atoms with Crippen LogP contribution in [0.2, 0.25) is 0 Å². The van der Waals surface area contributed by atoms with Crippen LogP contribution in [0.5, 0.6) is 0 Å². The molecule has 104 valence electrons. The fraction of sp³-hybridized carbons (Fsp3) is 0.667. The highest BCUT2D eigenvalue weighted by molar-refractivity contribution is 5.67. The van der Waals surface area contributed by atoms with Crippen LogP contribution >= 0.6 is 0 Å². The maximum absolute atomic E-state index is 12.0. The lowest BCUT2D eigenvalue weighted by atomic mass is 9.89. The summed E-state index contributed by atoms with van der Waals surface area (Å²) < 4.78 is 0. The molecule has 0 saturated heterocycles. The highest BCUT2D eigenvalue weighted by atomic mass is 16.3. The number of hydrogen-bond donors (Lipinski definition) is 5. The first-order valence-electron chi connectivity index (χ1n) is 6.57. The van der Waals surface area contributed by atoms with Crippen molar-refractivity contribution >= 4 is 17.5 Å². The molecule has 1 aromatic rings. The lowest BCUT2D eigenvalue weighted by molar-refractivity contribution is 0.0992. The summed E-state index contributed by atoms with van der Waals surface area (Å²) in [4.78, 5) is 18.9. The van der Waals surface area contributed by atoms with E-state index in [4.69, 9.17) is 0 Å². The molecule has 0 unspecified atom stereocenters. The molecule has 1 aromatic heterocycles. The molecule has 5 N–H and O–H groups in total. The van der Waals surface area contributed by atoms with Crippen LogP contribution < -0.4 is 21.5 Å². The predicted molar refractivity (Wildman–Crippen MR) is 73.7 cm³/mol. The van der Waals surface area contributed by atoms with Crippen LogP contribution in [-0.4, -0.2) is 40.8 Å². The molecule has 1 saturated carbocycles. The number of aromatic amines is 1. The topological polar surface area (TPSA) is 102 Å². The smallest absolute Gasteiger partial charge is 0.277 e. The minimum Gasteiger partial charge on any atom is -0.393 e. The highest BCUT2D eigenvalue weighted by Gasteiger charge is 2.54. The monoisotopic (exact) mass is 265 g/mol. The van der Waals surface area contributed by atoms with E-state index in [0.29, 0.717) is 24.0 Å². The third-order valence-corrected chi connectivity index (χ3v) is 4.30. The third kappa shape index (κ3) is 1.85. The molecule has 0 radical (unpaired) electrons. The standard InChI is InChI=1S/C12H19N5O2/c1-6(18)12(3-4-12)7-5-14-9-8(15-7)10(19)17-11(13-2)16-9/h6-7,15,18H,3-5H2,1-2H3,(H3,13,14,16,17,19)/t6-,7+/m0/s1. The van der Waals surface area contributed by atoms with Crippen molar-refractivity contribution in [2.75, 3.05) is 29.5 Å². The van der Waals surface area contributed by atoms with Crippen molar-refractivity contribution in [3.05, 3.63) is 10.4 Å². The zero-order valence-corrected chi connectivity index (χ0v) is 11.1. The molecule has 2 aliphatic rings. The quantitative estimate of drug-likeness (QED) is 0.534. The number of aliphatic hydroxyl groups is 1. The summed E-state index contributed by atoms with van der Waals surface area (Å²) in [6, 6.07) is 0.0586. The van der Waals surface area contributed by atoms with Gasteiger partial charge in [-0.05, 0) is 19.8 Å². The molecule has 1 fully saturated rings. The Morgan fingerprint density at radius 1 is 1.53 bits per heavy atom. The van der Waals surface area contributed by atoms with Gasteiger partial charge in [-0.15, -0.1) is 0 Å². The lowest BCUT2D eigenvalue weighted by Crippen LogP contribution is -2.46. The molecular weight excluding hydrogens is 246 g/mol. The Morgan fingerprint density at radius 3 is 2.84 bits per heavy atom. The van der Waals surface area contributed by atoms with E-state index in [2.05, 4.69) is 25.9 Å². The number of aromatic nitrogens is 2. The van der Waals surface area contributed by atoms with Crippen molar-refractivity contribution in [2.24, 2.45) is 5.41 Å². The molecule has 1 aliphatic heterocycles. The van der Waals surface area contributed by atoms with Crippen molar-refractivity contribution < 1.29 is 5.11 Å². The first-order chi connectivity index (χ1) is 9.06. The van der Waals surface area contributed by atoms with Gasteiger partial charge in [0.15, 0.2) is 5.82 Å². The van der Waals surface area contributed by atoms with Gasteiger partial charge in [-0.3, -0.25) is 9.78 Å². The van der Waals surface area contributed by atoms with Crippen LogP contribution in [0.25, 0.3) is 0 Å². The van der Waals surface area contributed by atoms with Crippen molar-refractivity contribution in [3.63, 3.8) is 0 Å². The number of fused-ring (bicyclic) bond motifs is 1.